The number of unbranched alkanes of at least 4 members (excludes halogenated alkanes) is 1. The molecular weight excluding hydrogens is 250 g/mol. The molecule has 0 aliphatic rings. The van der Waals surface area contributed by atoms with Gasteiger partial charge in [0, 0.05) is 24.6 Å². The zero-order valence-electron chi connectivity index (χ0n) is 10.2. The molecule has 0 saturated carbocycles. The van der Waals surface area contributed by atoms with E-state index in [0.29, 0.717) is 18.5 Å². The predicted molar refractivity (Wildman–Crippen MR) is 69.5 cm³/mol. The fraction of sp³-hybridized carbons (Fsp3) is 0.333. The molecule has 0 heterocycles. The molecule has 7 heteroatoms. The maximum Gasteiger partial charge on any atom is 0.280 e. The Hall–Kier alpha value is -2.46. The predicted octanol–water partition coefficient (Wildman–Crippen LogP) is 2.01. The molecule has 100 valence electrons. The minimum absolute atomic E-state index is 0.251. The summed E-state index contributed by atoms with van der Waals surface area (Å²) in [5, 5.41) is 24.4. The third-order valence-electron chi connectivity index (χ3n) is 2.47. The van der Waals surface area contributed by atoms with Crippen LogP contribution in [0.5, 0.6) is 0 Å². The molecule has 0 aliphatic heterocycles. The number of benzene rings is 1. The van der Waals surface area contributed by atoms with Crippen molar-refractivity contribution in [3.63, 3.8) is 0 Å². The molecule has 0 radical (unpaired) electrons. The second-order valence-electron chi connectivity index (χ2n) is 3.81. The summed E-state index contributed by atoms with van der Waals surface area (Å²) in [4.78, 5) is 20.2. The third kappa shape index (κ3) is 4.37. The van der Waals surface area contributed by atoms with Gasteiger partial charge in [0.1, 0.15) is 0 Å². The van der Waals surface area contributed by atoms with Gasteiger partial charge in [-0.05, 0) is 19.0 Å². The summed E-state index contributed by atoms with van der Waals surface area (Å²) in [5.41, 5.74) is -0.127. The minimum Gasteiger partial charge on any atom is -0.312 e. The van der Waals surface area contributed by atoms with Gasteiger partial charge in [0.25, 0.3) is 11.4 Å². The molecule has 0 atom stereocenters. The second kappa shape index (κ2) is 7.08. The van der Waals surface area contributed by atoms with E-state index < -0.39 is 9.85 Å². The fourth-order valence-corrected chi connectivity index (χ4v) is 1.52. The lowest BCUT2D eigenvalue weighted by Gasteiger charge is -2.04. The summed E-state index contributed by atoms with van der Waals surface area (Å²) in [6, 6.07) is 3.62. The minimum atomic E-state index is -0.656. The first-order valence-corrected chi connectivity index (χ1v) is 5.62. The van der Waals surface area contributed by atoms with Crippen LogP contribution < -0.4 is 5.32 Å². The topological polar surface area (TPSA) is 98.3 Å². The van der Waals surface area contributed by atoms with Gasteiger partial charge in [-0.25, -0.2) is 0 Å². The zero-order chi connectivity index (χ0) is 14.3. The highest BCUT2D eigenvalue weighted by atomic mass is 16.6. The van der Waals surface area contributed by atoms with Crippen molar-refractivity contribution < 1.29 is 9.85 Å². The van der Waals surface area contributed by atoms with Crippen molar-refractivity contribution >= 4 is 11.4 Å². The van der Waals surface area contributed by atoms with Crippen molar-refractivity contribution in [1.82, 2.24) is 5.32 Å². The molecular formula is C12H13N3O4. The number of nitro benzene ring substituents is 2. The third-order valence-corrected chi connectivity index (χ3v) is 2.47. The summed E-state index contributed by atoms with van der Waals surface area (Å²) in [5.74, 6) is 2.49. The Morgan fingerprint density at radius 1 is 1.26 bits per heavy atom. The average molecular weight is 263 g/mol. The Morgan fingerprint density at radius 2 is 2.00 bits per heavy atom. The van der Waals surface area contributed by atoms with E-state index in [1.54, 1.807) is 0 Å². The normalized spacial score (nSPS) is 9.84. The van der Waals surface area contributed by atoms with Gasteiger partial charge in [-0.1, -0.05) is 0 Å². The number of hydrogen-bond donors (Lipinski definition) is 1. The molecule has 0 fully saturated rings. The van der Waals surface area contributed by atoms with Gasteiger partial charge in [0.15, 0.2) is 0 Å². The van der Waals surface area contributed by atoms with Crippen LogP contribution in [0.3, 0.4) is 0 Å². The number of rotatable bonds is 7. The van der Waals surface area contributed by atoms with Crippen LogP contribution in [0.15, 0.2) is 18.2 Å². The van der Waals surface area contributed by atoms with Gasteiger partial charge in [-0.2, -0.15) is 0 Å². The van der Waals surface area contributed by atoms with Crippen LogP contribution in [0.2, 0.25) is 0 Å². The molecule has 0 aliphatic carbocycles. The van der Waals surface area contributed by atoms with E-state index in [1.807, 2.05) is 0 Å². The Kier molecular flexibility index (Phi) is 5.44. The van der Waals surface area contributed by atoms with Gasteiger partial charge in [-0.3, -0.25) is 20.2 Å². The van der Waals surface area contributed by atoms with Gasteiger partial charge in [-0.15, -0.1) is 12.3 Å². The van der Waals surface area contributed by atoms with Gasteiger partial charge < -0.3 is 5.32 Å². The number of hydrogen-bond acceptors (Lipinski definition) is 5. The Labute approximate surface area is 109 Å². The first-order chi connectivity index (χ1) is 9.06. The van der Waals surface area contributed by atoms with E-state index in [9.17, 15) is 20.2 Å². The summed E-state index contributed by atoms with van der Waals surface area (Å²) < 4.78 is 0. The van der Waals surface area contributed by atoms with Crippen LogP contribution in [0.25, 0.3) is 0 Å². The molecule has 0 amide bonds. The lowest BCUT2D eigenvalue weighted by Crippen LogP contribution is -2.15. The second-order valence-corrected chi connectivity index (χ2v) is 3.81. The number of nitrogens with zero attached hydrogens (tertiary/aromatic N) is 2. The highest BCUT2D eigenvalue weighted by Gasteiger charge is 2.18. The molecule has 0 saturated heterocycles. The lowest BCUT2D eigenvalue weighted by molar-refractivity contribution is -0.394. The van der Waals surface area contributed by atoms with E-state index in [1.165, 1.54) is 12.1 Å². The van der Waals surface area contributed by atoms with Gasteiger partial charge in [0.05, 0.1) is 15.9 Å². The van der Waals surface area contributed by atoms with E-state index in [0.717, 1.165) is 12.5 Å². The van der Waals surface area contributed by atoms with Gasteiger partial charge in [0.2, 0.25) is 0 Å². The summed E-state index contributed by atoms with van der Waals surface area (Å²) in [6.07, 6.45) is 6.51. The Bertz CT molecular complexity index is 522. The molecule has 1 aromatic rings. The van der Waals surface area contributed by atoms with Gasteiger partial charge >= 0.3 is 0 Å². The quantitative estimate of drug-likeness (QED) is 0.351. The first kappa shape index (κ1) is 14.6. The molecule has 1 rings (SSSR count). The average Bonchev–Trinajstić information content (AvgIpc) is 2.38. The van der Waals surface area contributed by atoms with Crippen LogP contribution in [-0.4, -0.2) is 16.4 Å². The summed E-state index contributed by atoms with van der Waals surface area (Å²) >= 11 is 0. The van der Waals surface area contributed by atoms with Crippen molar-refractivity contribution in [1.29, 1.82) is 0 Å². The van der Waals surface area contributed by atoms with Crippen molar-refractivity contribution in [2.24, 2.45) is 0 Å². The van der Waals surface area contributed by atoms with Crippen LogP contribution in [-0.2, 0) is 6.54 Å². The molecule has 0 aromatic heterocycles. The fourth-order valence-electron chi connectivity index (χ4n) is 1.52. The molecule has 1 N–H and O–H groups in total. The largest absolute Gasteiger partial charge is 0.312 e. The van der Waals surface area contributed by atoms with Crippen molar-refractivity contribution in [3.8, 4) is 12.3 Å². The smallest absolute Gasteiger partial charge is 0.280 e. The molecule has 1 aromatic carbocycles. The molecule has 19 heavy (non-hydrogen) atoms. The maximum atomic E-state index is 10.9. The monoisotopic (exact) mass is 263 g/mol. The Morgan fingerprint density at radius 3 is 2.58 bits per heavy atom. The van der Waals surface area contributed by atoms with Crippen LogP contribution >= 0.6 is 0 Å². The van der Waals surface area contributed by atoms with Crippen molar-refractivity contribution in [3.05, 3.63) is 44.0 Å². The van der Waals surface area contributed by atoms with Crippen molar-refractivity contribution in [2.75, 3.05) is 6.54 Å². The standard InChI is InChI=1S/C12H13N3O4/c1-2-3-4-7-13-9-10-5-6-11(14(16)17)8-12(10)15(18)19/h1,5-6,8,13H,3-4,7,9H2. The van der Waals surface area contributed by atoms with E-state index in [-0.39, 0.29) is 17.9 Å². The summed E-state index contributed by atoms with van der Waals surface area (Å²) in [7, 11) is 0. The molecule has 7 nitrogen and oxygen atoms in total. The van der Waals surface area contributed by atoms with E-state index in [4.69, 9.17) is 6.42 Å². The Balaban J connectivity index is 2.75. The van der Waals surface area contributed by atoms with Crippen molar-refractivity contribution in [2.45, 2.75) is 19.4 Å². The number of non-ortho nitro benzene ring substituents is 1. The van der Waals surface area contributed by atoms with Crippen LogP contribution in [0.1, 0.15) is 18.4 Å². The van der Waals surface area contributed by atoms with E-state index in [2.05, 4.69) is 11.2 Å². The molecule has 0 spiro atoms. The SMILES string of the molecule is C#CCCCNCc1ccc([N+](=O)[O-])cc1[N+](=O)[O-]. The van der Waals surface area contributed by atoms with Crippen LogP contribution in [0.4, 0.5) is 11.4 Å². The lowest BCUT2D eigenvalue weighted by atomic mass is 10.1. The number of terminal acetylenes is 1. The molecule has 0 bridgehead atoms. The molecule has 0 unspecified atom stereocenters. The zero-order valence-corrected chi connectivity index (χ0v) is 10.2. The number of nitro groups is 2. The highest BCUT2D eigenvalue weighted by molar-refractivity contribution is 5.49. The first-order valence-electron chi connectivity index (χ1n) is 5.62. The van der Waals surface area contributed by atoms with Crippen LogP contribution in [0, 0.1) is 32.6 Å². The highest BCUT2D eigenvalue weighted by Crippen LogP contribution is 2.24. The maximum absolute atomic E-state index is 10.9. The number of nitrogens with one attached hydrogen (secondary N) is 1. The van der Waals surface area contributed by atoms with E-state index >= 15 is 0 Å². The summed E-state index contributed by atoms with van der Waals surface area (Å²) in [6.45, 7) is 0.914.